The van der Waals surface area contributed by atoms with Crippen LogP contribution in [0.2, 0.25) is 0 Å². The Morgan fingerprint density at radius 3 is 2.88 bits per heavy atom. The van der Waals surface area contributed by atoms with Crippen LogP contribution in [0.4, 0.5) is 0 Å². The smallest absolute Gasteiger partial charge is 0.255 e. The van der Waals surface area contributed by atoms with E-state index in [-0.39, 0.29) is 12.1 Å². The fourth-order valence-corrected chi connectivity index (χ4v) is 1.51. The van der Waals surface area contributed by atoms with E-state index in [2.05, 4.69) is 9.97 Å². The molecule has 2 rings (SSSR count). The number of benzene rings is 1. The van der Waals surface area contributed by atoms with E-state index in [9.17, 15) is 4.79 Å². The molecular weight excluding hydrogens is 202 g/mol. The van der Waals surface area contributed by atoms with Gasteiger partial charge in [0.25, 0.3) is 5.56 Å². The Kier molecular flexibility index (Phi) is 2.83. The Hall–Kier alpha value is -1.94. The van der Waals surface area contributed by atoms with E-state index in [1.54, 1.807) is 0 Å². The molecule has 1 aromatic heterocycles. The Morgan fingerprint density at radius 1 is 1.44 bits per heavy atom. The van der Waals surface area contributed by atoms with Crippen LogP contribution in [0.5, 0.6) is 0 Å². The highest BCUT2D eigenvalue weighted by molar-refractivity contribution is 5.55. The highest BCUT2D eigenvalue weighted by atomic mass is 16.1. The van der Waals surface area contributed by atoms with Crippen molar-refractivity contribution in [2.45, 2.75) is 13.5 Å². The lowest BCUT2D eigenvalue weighted by molar-refractivity contribution is 0.979. The van der Waals surface area contributed by atoms with Crippen molar-refractivity contribution in [1.82, 2.24) is 9.97 Å². The number of rotatable bonds is 2. The van der Waals surface area contributed by atoms with Crippen molar-refractivity contribution in [3.8, 4) is 11.4 Å². The second kappa shape index (κ2) is 4.28. The molecule has 0 radical (unpaired) electrons. The maximum Gasteiger partial charge on any atom is 0.255 e. The predicted octanol–water partition coefficient (Wildman–Crippen LogP) is 1.20. The van der Waals surface area contributed by atoms with Gasteiger partial charge in [-0.15, -0.1) is 0 Å². The molecule has 0 spiro atoms. The first-order chi connectivity index (χ1) is 7.70. The average Bonchev–Trinajstić information content (AvgIpc) is 2.29. The number of H-pyrrole nitrogens is 1. The van der Waals surface area contributed by atoms with Crippen molar-refractivity contribution < 1.29 is 0 Å². The summed E-state index contributed by atoms with van der Waals surface area (Å²) >= 11 is 0. The molecule has 1 heterocycles. The summed E-state index contributed by atoms with van der Waals surface area (Å²) in [5.74, 6) is 0.575. The number of hydrogen-bond acceptors (Lipinski definition) is 3. The molecule has 0 aliphatic heterocycles. The molecule has 0 fully saturated rings. The molecule has 0 bridgehead atoms. The predicted molar refractivity (Wildman–Crippen MR) is 62.9 cm³/mol. The van der Waals surface area contributed by atoms with Gasteiger partial charge in [-0.05, 0) is 13.0 Å². The van der Waals surface area contributed by atoms with Gasteiger partial charge in [-0.25, -0.2) is 4.98 Å². The third-order valence-electron chi connectivity index (χ3n) is 2.38. The lowest BCUT2D eigenvalue weighted by Gasteiger charge is -2.02. The molecule has 4 heteroatoms. The van der Waals surface area contributed by atoms with Gasteiger partial charge in [-0.3, -0.25) is 4.79 Å². The maximum atomic E-state index is 11.6. The van der Waals surface area contributed by atoms with Gasteiger partial charge in [0, 0.05) is 23.9 Å². The zero-order chi connectivity index (χ0) is 11.5. The monoisotopic (exact) mass is 215 g/mol. The Labute approximate surface area is 93.2 Å². The van der Waals surface area contributed by atoms with Crippen LogP contribution in [0.15, 0.2) is 35.3 Å². The number of nitrogens with one attached hydrogen (secondary N) is 1. The summed E-state index contributed by atoms with van der Waals surface area (Å²) in [5, 5.41) is 0. The zero-order valence-electron chi connectivity index (χ0n) is 9.03. The Balaban J connectivity index is 2.49. The van der Waals surface area contributed by atoms with Crippen LogP contribution in [0.25, 0.3) is 11.4 Å². The van der Waals surface area contributed by atoms with Crippen LogP contribution in [-0.2, 0) is 6.54 Å². The van der Waals surface area contributed by atoms with E-state index >= 15 is 0 Å². The van der Waals surface area contributed by atoms with Gasteiger partial charge >= 0.3 is 0 Å². The average molecular weight is 215 g/mol. The van der Waals surface area contributed by atoms with Crippen molar-refractivity contribution in [3.63, 3.8) is 0 Å². The van der Waals surface area contributed by atoms with E-state index in [0.717, 1.165) is 11.1 Å². The first kappa shape index (κ1) is 10.6. The molecule has 0 saturated carbocycles. The molecule has 16 heavy (non-hydrogen) atoms. The second-order valence-electron chi connectivity index (χ2n) is 3.66. The minimum absolute atomic E-state index is 0.172. The topological polar surface area (TPSA) is 71.8 Å². The van der Waals surface area contributed by atoms with Gasteiger partial charge in [0.1, 0.15) is 5.82 Å². The van der Waals surface area contributed by atoms with E-state index < -0.39 is 0 Å². The third-order valence-corrected chi connectivity index (χ3v) is 2.38. The molecule has 82 valence electrons. The van der Waals surface area contributed by atoms with Crippen molar-refractivity contribution in [3.05, 3.63) is 51.9 Å². The van der Waals surface area contributed by atoms with Crippen LogP contribution in [0.3, 0.4) is 0 Å². The lowest BCUT2D eigenvalue weighted by atomic mass is 10.1. The Morgan fingerprint density at radius 2 is 2.25 bits per heavy atom. The SMILES string of the molecule is Cc1cccc(-c2ncc(CN)c(=O)[nH]2)c1. The standard InChI is InChI=1S/C12H13N3O/c1-8-3-2-4-9(5-8)11-14-7-10(6-13)12(16)15-11/h2-5,7H,6,13H2,1H3,(H,14,15,16). The largest absolute Gasteiger partial charge is 0.326 e. The summed E-state index contributed by atoms with van der Waals surface area (Å²) in [6, 6.07) is 7.81. The number of aromatic amines is 1. The number of aromatic nitrogens is 2. The molecule has 0 aliphatic rings. The summed E-state index contributed by atoms with van der Waals surface area (Å²) in [5.41, 5.74) is 7.76. The minimum atomic E-state index is -0.172. The summed E-state index contributed by atoms with van der Waals surface area (Å²) < 4.78 is 0. The molecule has 0 unspecified atom stereocenters. The molecule has 3 N–H and O–H groups in total. The first-order valence-corrected chi connectivity index (χ1v) is 5.06. The fourth-order valence-electron chi connectivity index (χ4n) is 1.51. The molecular formula is C12H13N3O. The van der Waals surface area contributed by atoms with E-state index in [1.165, 1.54) is 6.20 Å². The number of hydrogen-bond donors (Lipinski definition) is 2. The summed E-state index contributed by atoms with van der Waals surface area (Å²) in [4.78, 5) is 18.5. The lowest BCUT2D eigenvalue weighted by Crippen LogP contribution is -2.17. The van der Waals surface area contributed by atoms with Gasteiger partial charge in [0.05, 0.1) is 0 Å². The molecule has 2 aromatic rings. The van der Waals surface area contributed by atoms with Crippen LogP contribution in [-0.4, -0.2) is 9.97 Å². The van der Waals surface area contributed by atoms with Crippen LogP contribution in [0.1, 0.15) is 11.1 Å². The number of nitrogens with two attached hydrogens (primary N) is 1. The fraction of sp³-hybridized carbons (Fsp3) is 0.167. The summed E-state index contributed by atoms with van der Waals surface area (Å²) in [6.45, 7) is 2.20. The number of nitrogens with zero attached hydrogens (tertiary/aromatic N) is 1. The molecule has 0 saturated heterocycles. The first-order valence-electron chi connectivity index (χ1n) is 5.06. The molecule has 0 amide bonds. The van der Waals surface area contributed by atoms with E-state index in [4.69, 9.17) is 5.73 Å². The quantitative estimate of drug-likeness (QED) is 0.790. The Bertz CT molecular complexity index is 560. The molecule has 0 aliphatic carbocycles. The zero-order valence-corrected chi connectivity index (χ0v) is 9.03. The van der Waals surface area contributed by atoms with Crippen LogP contribution >= 0.6 is 0 Å². The molecule has 0 atom stereocenters. The number of aryl methyl sites for hydroxylation is 1. The summed E-state index contributed by atoms with van der Waals surface area (Å²) in [6.07, 6.45) is 1.52. The highest BCUT2D eigenvalue weighted by Crippen LogP contribution is 2.14. The van der Waals surface area contributed by atoms with Gasteiger partial charge in [0.2, 0.25) is 0 Å². The second-order valence-corrected chi connectivity index (χ2v) is 3.66. The normalized spacial score (nSPS) is 10.4. The van der Waals surface area contributed by atoms with Gasteiger partial charge < -0.3 is 10.7 Å². The maximum absolute atomic E-state index is 11.6. The van der Waals surface area contributed by atoms with Crippen LogP contribution < -0.4 is 11.3 Å². The van der Waals surface area contributed by atoms with Crippen molar-refractivity contribution in [2.75, 3.05) is 0 Å². The summed E-state index contributed by atoms with van der Waals surface area (Å²) in [7, 11) is 0. The van der Waals surface area contributed by atoms with E-state index in [0.29, 0.717) is 11.4 Å². The van der Waals surface area contributed by atoms with Crippen molar-refractivity contribution >= 4 is 0 Å². The van der Waals surface area contributed by atoms with E-state index in [1.807, 2.05) is 31.2 Å². The molecule has 4 nitrogen and oxygen atoms in total. The van der Waals surface area contributed by atoms with Gasteiger partial charge in [0.15, 0.2) is 0 Å². The van der Waals surface area contributed by atoms with Gasteiger partial charge in [-0.2, -0.15) is 0 Å². The van der Waals surface area contributed by atoms with Crippen molar-refractivity contribution in [1.29, 1.82) is 0 Å². The van der Waals surface area contributed by atoms with Crippen molar-refractivity contribution in [2.24, 2.45) is 5.73 Å². The highest BCUT2D eigenvalue weighted by Gasteiger charge is 2.03. The molecule has 1 aromatic carbocycles. The van der Waals surface area contributed by atoms with Gasteiger partial charge in [-0.1, -0.05) is 23.8 Å². The minimum Gasteiger partial charge on any atom is -0.326 e. The third kappa shape index (κ3) is 2.01. The van der Waals surface area contributed by atoms with Crippen LogP contribution in [0, 0.1) is 6.92 Å².